The van der Waals surface area contributed by atoms with Crippen LogP contribution in [0.5, 0.6) is 11.6 Å². The quantitative estimate of drug-likeness (QED) is 0.806. The summed E-state index contributed by atoms with van der Waals surface area (Å²) >= 11 is 1.09. The Labute approximate surface area is 91.9 Å². The van der Waals surface area contributed by atoms with Crippen molar-refractivity contribution < 1.29 is 9.29 Å². The van der Waals surface area contributed by atoms with Crippen LogP contribution in [0.2, 0.25) is 0 Å². The SMILES string of the molecule is Oc1ccccc1SOc1ccccn1. The minimum Gasteiger partial charge on any atom is -0.507 e. The zero-order valence-electron chi connectivity index (χ0n) is 7.83. The zero-order chi connectivity index (χ0) is 10.5. The van der Waals surface area contributed by atoms with Crippen LogP contribution in [0.1, 0.15) is 0 Å². The van der Waals surface area contributed by atoms with Crippen LogP contribution in [0.3, 0.4) is 0 Å². The van der Waals surface area contributed by atoms with Gasteiger partial charge in [-0.2, -0.15) is 0 Å². The van der Waals surface area contributed by atoms with Gasteiger partial charge in [-0.1, -0.05) is 18.2 Å². The first-order chi connectivity index (χ1) is 7.36. The highest BCUT2D eigenvalue weighted by Crippen LogP contribution is 2.28. The number of phenols is 1. The molecular formula is C11H9NO2S. The number of hydrogen-bond acceptors (Lipinski definition) is 4. The van der Waals surface area contributed by atoms with Crippen LogP contribution in [0, 0.1) is 0 Å². The van der Waals surface area contributed by atoms with E-state index in [4.69, 9.17) is 4.18 Å². The second kappa shape index (κ2) is 4.70. The molecule has 4 heteroatoms. The van der Waals surface area contributed by atoms with Crippen molar-refractivity contribution in [3.8, 4) is 11.6 Å². The molecule has 0 aliphatic carbocycles. The van der Waals surface area contributed by atoms with E-state index in [2.05, 4.69) is 4.98 Å². The maximum Gasteiger partial charge on any atom is 0.228 e. The maximum absolute atomic E-state index is 9.47. The third kappa shape index (κ3) is 2.63. The molecule has 76 valence electrons. The van der Waals surface area contributed by atoms with Crippen molar-refractivity contribution in [2.45, 2.75) is 4.90 Å². The summed E-state index contributed by atoms with van der Waals surface area (Å²) in [5.74, 6) is 0.726. The smallest absolute Gasteiger partial charge is 0.228 e. The molecule has 1 aromatic carbocycles. The molecule has 1 N–H and O–H groups in total. The van der Waals surface area contributed by atoms with Gasteiger partial charge in [0.2, 0.25) is 5.88 Å². The van der Waals surface area contributed by atoms with Crippen molar-refractivity contribution in [2.24, 2.45) is 0 Å². The van der Waals surface area contributed by atoms with Gasteiger partial charge in [0.1, 0.15) is 5.75 Å². The van der Waals surface area contributed by atoms with E-state index in [1.54, 1.807) is 30.5 Å². The summed E-state index contributed by atoms with van der Waals surface area (Å²) in [4.78, 5) is 4.67. The van der Waals surface area contributed by atoms with Gasteiger partial charge in [0.15, 0.2) is 0 Å². The predicted molar refractivity (Wildman–Crippen MR) is 58.8 cm³/mol. The van der Waals surface area contributed by atoms with Crippen LogP contribution in [-0.4, -0.2) is 10.1 Å². The summed E-state index contributed by atoms with van der Waals surface area (Å²) in [6.45, 7) is 0. The Bertz CT molecular complexity index is 434. The van der Waals surface area contributed by atoms with Crippen LogP contribution in [0.25, 0.3) is 0 Å². The summed E-state index contributed by atoms with van der Waals surface area (Å²) in [6.07, 6.45) is 1.65. The van der Waals surface area contributed by atoms with Crippen molar-refractivity contribution in [3.05, 3.63) is 48.7 Å². The molecule has 0 atom stereocenters. The van der Waals surface area contributed by atoms with Crippen molar-refractivity contribution in [3.63, 3.8) is 0 Å². The summed E-state index contributed by atoms with van der Waals surface area (Å²) in [6, 6.07) is 12.4. The first-order valence-electron chi connectivity index (χ1n) is 4.40. The van der Waals surface area contributed by atoms with E-state index in [9.17, 15) is 5.11 Å². The number of hydrogen-bond donors (Lipinski definition) is 1. The highest BCUT2D eigenvalue weighted by Gasteiger charge is 2.02. The largest absolute Gasteiger partial charge is 0.507 e. The first-order valence-corrected chi connectivity index (χ1v) is 5.14. The fourth-order valence-electron chi connectivity index (χ4n) is 1.01. The minimum atomic E-state index is 0.207. The summed E-state index contributed by atoms with van der Waals surface area (Å²) in [5.41, 5.74) is 0. The van der Waals surface area contributed by atoms with Crippen LogP contribution < -0.4 is 4.18 Å². The van der Waals surface area contributed by atoms with E-state index in [1.165, 1.54) is 0 Å². The second-order valence-corrected chi connectivity index (χ2v) is 3.58. The van der Waals surface area contributed by atoms with E-state index < -0.39 is 0 Å². The zero-order valence-corrected chi connectivity index (χ0v) is 8.65. The number of phenolic OH excluding ortho intramolecular Hbond substituents is 1. The lowest BCUT2D eigenvalue weighted by Crippen LogP contribution is -1.84. The van der Waals surface area contributed by atoms with Crippen molar-refractivity contribution in [2.75, 3.05) is 0 Å². The molecule has 15 heavy (non-hydrogen) atoms. The standard InChI is InChI=1S/C11H9NO2S/c13-9-5-1-2-6-10(9)15-14-11-7-3-4-8-12-11/h1-8,13H. The Morgan fingerprint density at radius 3 is 2.60 bits per heavy atom. The average Bonchev–Trinajstić information content (AvgIpc) is 2.29. The van der Waals surface area contributed by atoms with E-state index in [-0.39, 0.29) is 5.75 Å². The molecule has 0 bridgehead atoms. The summed E-state index contributed by atoms with van der Waals surface area (Å²) < 4.78 is 5.32. The fraction of sp³-hybridized carbons (Fsp3) is 0. The molecular weight excluding hydrogens is 210 g/mol. The topological polar surface area (TPSA) is 42.4 Å². The molecule has 0 radical (unpaired) electrons. The Hall–Kier alpha value is -1.68. The van der Waals surface area contributed by atoms with Gasteiger partial charge in [0, 0.05) is 12.3 Å². The molecule has 0 saturated carbocycles. The molecule has 3 nitrogen and oxygen atoms in total. The minimum absolute atomic E-state index is 0.207. The van der Waals surface area contributed by atoms with Gasteiger partial charge in [0.25, 0.3) is 0 Å². The number of benzene rings is 1. The number of nitrogens with zero attached hydrogens (tertiary/aromatic N) is 1. The van der Waals surface area contributed by atoms with Crippen LogP contribution in [0.15, 0.2) is 53.6 Å². The highest BCUT2D eigenvalue weighted by molar-refractivity contribution is 7.95. The number of pyridine rings is 1. The van der Waals surface area contributed by atoms with E-state index in [0.29, 0.717) is 10.8 Å². The van der Waals surface area contributed by atoms with Crippen molar-refractivity contribution in [1.82, 2.24) is 4.98 Å². The molecule has 2 rings (SSSR count). The summed E-state index contributed by atoms with van der Waals surface area (Å²) in [5, 5.41) is 9.47. The van der Waals surface area contributed by atoms with Crippen molar-refractivity contribution in [1.29, 1.82) is 0 Å². The molecule has 0 fully saturated rings. The number of rotatable bonds is 3. The van der Waals surface area contributed by atoms with E-state index in [1.807, 2.05) is 18.2 Å². The lowest BCUT2D eigenvalue weighted by Gasteiger charge is -2.03. The Morgan fingerprint density at radius 2 is 1.87 bits per heavy atom. The maximum atomic E-state index is 9.47. The van der Waals surface area contributed by atoms with Gasteiger partial charge in [-0.15, -0.1) is 0 Å². The monoisotopic (exact) mass is 219 g/mol. The first kappa shape index (κ1) is 9.86. The third-order valence-corrected chi connectivity index (χ3v) is 2.50. The highest BCUT2D eigenvalue weighted by atomic mass is 32.2. The molecule has 1 aromatic heterocycles. The molecule has 0 saturated heterocycles. The Balaban J connectivity index is 2.03. The second-order valence-electron chi connectivity index (χ2n) is 2.80. The van der Waals surface area contributed by atoms with Gasteiger partial charge in [-0.3, -0.25) is 0 Å². The number of aromatic hydroxyl groups is 1. The summed E-state index contributed by atoms with van der Waals surface area (Å²) in [7, 11) is 0. The van der Waals surface area contributed by atoms with Crippen molar-refractivity contribution >= 4 is 12.0 Å². The Kier molecular flexibility index (Phi) is 3.09. The predicted octanol–water partition coefficient (Wildman–Crippen LogP) is 2.87. The van der Waals surface area contributed by atoms with E-state index >= 15 is 0 Å². The van der Waals surface area contributed by atoms with Gasteiger partial charge in [-0.25, -0.2) is 4.98 Å². The molecule has 2 aromatic rings. The van der Waals surface area contributed by atoms with Crippen LogP contribution >= 0.6 is 12.0 Å². The van der Waals surface area contributed by atoms with E-state index in [0.717, 1.165) is 12.0 Å². The normalized spacial score (nSPS) is 9.87. The average molecular weight is 219 g/mol. The third-order valence-electron chi connectivity index (χ3n) is 1.72. The molecule has 0 aliphatic rings. The van der Waals surface area contributed by atoms with Crippen LogP contribution in [0.4, 0.5) is 0 Å². The molecule has 0 aliphatic heterocycles. The van der Waals surface area contributed by atoms with Crippen LogP contribution in [-0.2, 0) is 0 Å². The van der Waals surface area contributed by atoms with Gasteiger partial charge < -0.3 is 9.29 Å². The van der Waals surface area contributed by atoms with Gasteiger partial charge >= 0.3 is 0 Å². The number of para-hydroxylation sites is 1. The van der Waals surface area contributed by atoms with Gasteiger partial charge in [0.05, 0.1) is 16.9 Å². The molecule has 0 amide bonds. The fourth-order valence-corrected chi connectivity index (χ4v) is 1.57. The molecule has 0 spiro atoms. The lowest BCUT2D eigenvalue weighted by molar-refractivity contribution is 0.460. The number of aromatic nitrogens is 1. The molecule has 1 heterocycles. The molecule has 0 unspecified atom stereocenters. The lowest BCUT2D eigenvalue weighted by atomic mass is 10.3. The Morgan fingerprint density at radius 1 is 1.07 bits per heavy atom. The van der Waals surface area contributed by atoms with Gasteiger partial charge in [-0.05, 0) is 18.2 Å².